The van der Waals surface area contributed by atoms with Crippen molar-refractivity contribution in [3.05, 3.63) is 48.0 Å². The summed E-state index contributed by atoms with van der Waals surface area (Å²) in [6.07, 6.45) is 0. The summed E-state index contributed by atoms with van der Waals surface area (Å²) in [6.45, 7) is 4.63. The van der Waals surface area contributed by atoms with Crippen LogP contribution in [0.4, 0.5) is 5.95 Å². The Balaban J connectivity index is 2.23. The van der Waals surface area contributed by atoms with Crippen molar-refractivity contribution in [3.8, 4) is 11.4 Å². The van der Waals surface area contributed by atoms with Crippen molar-refractivity contribution in [2.24, 2.45) is 0 Å². The van der Waals surface area contributed by atoms with Crippen molar-refractivity contribution in [1.82, 2.24) is 9.55 Å². The summed E-state index contributed by atoms with van der Waals surface area (Å²) >= 11 is 0. The predicted octanol–water partition coefficient (Wildman–Crippen LogP) is 3.31. The van der Waals surface area contributed by atoms with Gasteiger partial charge < -0.3 is 10.5 Å². The number of ether oxygens (including phenoxy) is 1. The molecule has 3 rings (SSSR count). The van der Waals surface area contributed by atoms with Gasteiger partial charge in [-0.3, -0.25) is 4.57 Å². The van der Waals surface area contributed by atoms with Gasteiger partial charge in [-0.15, -0.1) is 0 Å². The van der Waals surface area contributed by atoms with E-state index in [9.17, 15) is 0 Å². The molecule has 20 heavy (non-hydrogen) atoms. The van der Waals surface area contributed by atoms with E-state index in [0.29, 0.717) is 12.6 Å². The van der Waals surface area contributed by atoms with Gasteiger partial charge in [0.05, 0.1) is 12.1 Å². The fraction of sp³-hybridized carbons (Fsp3) is 0.188. The molecule has 102 valence electrons. The third-order valence-corrected chi connectivity index (χ3v) is 3.27. The molecule has 0 saturated heterocycles. The first-order valence-electron chi connectivity index (χ1n) is 6.67. The van der Waals surface area contributed by atoms with Crippen LogP contribution >= 0.6 is 0 Å². The summed E-state index contributed by atoms with van der Waals surface area (Å²) < 4.78 is 7.55. The molecular formula is C16H17N3O. The number of para-hydroxylation sites is 1. The zero-order valence-electron chi connectivity index (χ0n) is 11.6. The zero-order chi connectivity index (χ0) is 14.1. The van der Waals surface area contributed by atoms with E-state index in [4.69, 9.17) is 10.5 Å². The Hall–Kier alpha value is -2.49. The second kappa shape index (κ2) is 4.89. The number of hydrogen-bond acceptors (Lipinski definition) is 3. The minimum absolute atomic E-state index is 0.469. The van der Waals surface area contributed by atoms with Crippen LogP contribution < -0.4 is 10.5 Å². The number of fused-ring (bicyclic) bond motifs is 1. The Kier molecular flexibility index (Phi) is 3.06. The van der Waals surface area contributed by atoms with Crippen molar-refractivity contribution >= 4 is 17.0 Å². The van der Waals surface area contributed by atoms with Gasteiger partial charge in [-0.1, -0.05) is 23.8 Å². The highest BCUT2D eigenvalue weighted by molar-refractivity contribution is 5.86. The van der Waals surface area contributed by atoms with E-state index in [2.05, 4.69) is 24.0 Å². The van der Waals surface area contributed by atoms with E-state index in [-0.39, 0.29) is 0 Å². The Labute approximate surface area is 117 Å². The van der Waals surface area contributed by atoms with E-state index < -0.39 is 0 Å². The first-order chi connectivity index (χ1) is 9.70. The van der Waals surface area contributed by atoms with E-state index in [0.717, 1.165) is 22.5 Å². The molecule has 0 unspecified atom stereocenters. The van der Waals surface area contributed by atoms with Crippen molar-refractivity contribution in [2.75, 3.05) is 12.3 Å². The quantitative estimate of drug-likeness (QED) is 0.792. The minimum Gasteiger partial charge on any atom is -0.492 e. The molecule has 0 amide bonds. The van der Waals surface area contributed by atoms with Gasteiger partial charge in [-0.2, -0.15) is 0 Å². The number of aryl methyl sites for hydroxylation is 1. The first-order valence-corrected chi connectivity index (χ1v) is 6.67. The molecule has 1 aromatic heterocycles. The third-order valence-electron chi connectivity index (χ3n) is 3.27. The average molecular weight is 267 g/mol. The van der Waals surface area contributed by atoms with E-state index in [1.165, 1.54) is 5.56 Å². The van der Waals surface area contributed by atoms with Crippen LogP contribution in [-0.2, 0) is 0 Å². The number of nitrogens with zero attached hydrogens (tertiary/aromatic N) is 2. The number of anilines is 1. The smallest absolute Gasteiger partial charge is 0.206 e. The number of benzene rings is 2. The maximum atomic E-state index is 6.08. The molecule has 3 aromatic rings. The fourth-order valence-electron chi connectivity index (χ4n) is 2.33. The SMILES string of the molecule is CCOc1cccc2c1nc(N)n2-c1ccc(C)cc1. The molecule has 0 aliphatic carbocycles. The lowest BCUT2D eigenvalue weighted by atomic mass is 10.2. The highest BCUT2D eigenvalue weighted by Gasteiger charge is 2.13. The number of hydrogen-bond donors (Lipinski definition) is 1. The average Bonchev–Trinajstić information content (AvgIpc) is 2.78. The lowest BCUT2D eigenvalue weighted by Gasteiger charge is -2.07. The Morgan fingerprint density at radius 2 is 1.90 bits per heavy atom. The van der Waals surface area contributed by atoms with Gasteiger partial charge in [-0.25, -0.2) is 4.98 Å². The molecule has 2 aromatic carbocycles. The standard InChI is InChI=1S/C16H17N3O/c1-3-20-14-6-4-5-13-15(14)18-16(17)19(13)12-9-7-11(2)8-10-12/h4-10H,3H2,1-2H3,(H2,17,18). The van der Waals surface area contributed by atoms with E-state index in [1.54, 1.807) is 0 Å². The van der Waals surface area contributed by atoms with E-state index >= 15 is 0 Å². The van der Waals surface area contributed by atoms with Crippen molar-refractivity contribution in [2.45, 2.75) is 13.8 Å². The van der Waals surface area contributed by atoms with Crippen molar-refractivity contribution in [3.63, 3.8) is 0 Å². The highest BCUT2D eigenvalue weighted by atomic mass is 16.5. The van der Waals surface area contributed by atoms with Crippen LogP contribution in [-0.4, -0.2) is 16.2 Å². The summed E-state index contributed by atoms with van der Waals surface area (Å²) in [4.78, 5) is 4.45. The third kappa shape index (κ3) is 1.99. The number of imidazole rings is 1. The van der Waals surface area contributed by atoms with Crippen molar-refractivity contribution in [1.29, 1.82) is 0 Å². The van der Waals surface area contributed by atoms with E-state index in [1.807, 2.05) is 41.8 Å². The van der Waals surface area contributed by atoms with Crippen LogP contribution in [0.1, 0.15) is 12.5 Å². The number of aromatic nitrogens is 2. The van der Waals surface area contributed by atoms with Crippen LogP contribution in [0.3, 0.4) is 0 Å². The van der Waals surface area contributed by atoms with Gasteiger partial charge in [0, 0.05) is 5.69 Å². The second-order valence-corrected chi connectivity index (χ2v) is 4.70. The lowest BCUT2D eigenvalue weighted by Crippen LogP contribution is -2.00. The maximum Gasteiger partial charge on any atom is 0.206 e. The van der Waals surface area contributed by atoms with Gasteiger partial charge in [0.1, 0.15) is 11.3 Å². The maximum absolute atomic E-state index is 6.08. The zero-order valence-corrected chi connectivity index (χ0v) is 11.6. The number of nitrogens with two attached hydrogens (primary N) is 1. The molecule has 0 bridgehead atoms. The predicted molar refractivity (Wildman–Crippen MR) is 81.4 cm³/mol. The molecule has 4 nitrogen and oxygen atoms in total. The second-order valence-electron chi connectivity index (χ2n) is 4.70. The summed E-state index contributed by atoms with van der Waals surface area (Å²) in [5, 5.41) is 0. The topological polar surface area (TPSA) is 53.1 Å². The van der Waals surface area contributed by atoms with Crippen LogP contribution in [0.5, 0.6) is 5.75 Å². The Morgan fingerprint density at radius 3 is 2.60 bits per heavy atom. The summed E-state index contributed by atoms with van der Waals surface area (Å²) in [5.41, 5.74) is 10.1. The fourth-order valence-corrected chi connectivity index (χ4v) is 2.33. The highest BCUT2D eigenvalue weighted by Crippen LogP contribution is 2.29. The summed E-state index contributed by atoms with van der Waals surface area (Å²) in [5.74, 6) is 1.23. The molecule has 0 atom stereocenters. The van der Waals surface area contributed by atoms with Crippen LogP contribution in [0.15, 0.2) is 42.5 Å². The summed E-state index contributed by atoms with van der Waals surface area (Å²) in [6, 6.07) is 14.1. The van der Waals surface area contributed by atoms with Gasteiger partial charge in [0.25, 0.3) is 0 Å². The van der Waals surface area contributed by atoms with Gasteiger partial charge in [-0.05, 0) is 38.1 Å². The Morgan fingerprint density at radius 1 is 1.15 bits per heavy atom. The van der Waals surface area contributed by atoms with Crippen LogP contribution in [0, 0.1) is 6.92 Å². The molecule has 1 heterocycles. The molecule has 4 heteroatoms. The number of nitrogen functional groups attached to an aromatic ring is 1. The molecule has 0 radical (unpaired) electrons. The molecular weight excluding hydrogens is 250 g/mol. The first kappa shape index (κ1) is 12.5. The molecule has 0 aliphatic rings. The van der Waals surface area contributed by atoms with Gasteiger partial charge >= 0.3 is 0 Å². The van der Waals surface area contributed by atoms with Gasteiger partial charge in [0.15, 0.2) is 0 Å². The van der Waals surface area contributed by atoms with Crippen LogP contribution in [0.2, 0.25) is 0 Å². The van der Waals surface area contributed by atoms with Crippen LogP contribution in [0.25, 0.3) is 16.7 Å². The van der Waals surface area contributed by atoms with Crippen molar-refractivity contribution < 1.29 is 4.74 Å². The monoisotopic (exact) mass is 267 g/mol. The normalized spacial score (nSPS) is 10.9. The molecule has 0 aliphatic heterocycles. The van der Waals surface area contributed by atoms with Gasteiger partial charge in [0.2, 0.25) is 5.95 Å². The largest absolute Gasteiger partial charge is 0.492 e. The molecule has 0 saturated carbocycles. The summed E-state index contributed by atoms with van der Waals surface area (Å²) in [7, 11) is 0. The minimum atomic E-state index is 0.469. The molecule has 0 spiro atoms. The molecule has 0 fully saturated rings. The molecule has 2 N–H and O–H groups in total. The lowest BCUT2D eigenvalue weighted by molar-refractivity contribution is 0.344. The Bertz CT molecular complexity index is 744. The number of rotatable bonds is 3.